The summed E-state index contributed by atoms with van der Waals surface area (Å²) in [5.41, 5.74) is 2.90. The maximum Gasteiger partial charge on any atom is 0.108 e. The SMILES string of the molecule is CC(C)CCC(CCc1nccn1C)NN. The molecule has 0 aromatic carbocycles. The molecule has 1 rings (SSSR count). The van der Waals surface area contributed by atoms with E-state index in [0.29, 0.717) is 6.04 Å². The van der Waals surface area contributed by atoms with Crippen molar-refractivity contribution in [2.24, 2.45) is 18.8 Å². The molecule has 1 aromatic heterocycles. The summed E-state index contributed by atoms with van der Waals surface area (Å²) in [6.45, 7) is 4.48. The van der Waals surface area contributed by atoms with Gasteiger partial charge < -0.3 is 4.57 Å². The minimum atomic E-state index is 0.402. The molecule has 0 amide bonds. The van der Waals surface area contributed by atoms with E-state index in [1.165, 1.54) is 6.42 Å². The van der Waals surface area contributed by atoms with Crippen LogP contribution in [0.4, 0.5) is 0 Å². The minimum Gasteiger partial charge on any atom is -0.338 e. The lowest BCUT2D eigenvalue weighted by atomic mass is 10.0. The van der Waals surface area contributed by atoms with Gasteiger partial charge in [0, 0.05) is 31.9 Å². The number of hydrazine groups is 1. The lowest BCUT2D eigenvalue weighted by Crippen LogP contribution is -2.35. The van der Waals surface area contributed by atoms with Crippen molar-refractivity contribution in [3.8, 4) is 0 Å². The van der Waals surface area contributed by atoms with Gasteiger partial charge in [-0.25, -0.2) is 4.98 Å². The first kappa shape index (κ1) is 13.2. The second-order valence-electron chi connectivity index (χ2n) is 4.83. The summed E-state index contributed by atoms with van der Waals surface area (Å²) in [6.07, 6.45) is 8.21. The van der Waals surface area contributed by atoms with Crippen molar-refractivity contribution in [1.82, 2.24) is 15.0 Å². The fourth-order valence-electron chi connectivity index (χ4n) is 1.79. The standard InChI is InChI=1S/C12H24N4/c1-10(2)4-5-11(15-13)6-7-12-14-8-9-16(12)3/h8-11,15H,4-7,13H2,1-3H3. The highest BCUT2D eigenvalue weighted by Crippen LogP contribution is 2.11. The van der Waals surface area contributed by atoms with Crippen LogP contribution in [0.5, 0.6) is 0 Å². The molecule has 0 aliphatic rings. The van der Waals surface area contributed by atoms with E-state index >= 15 is 0 Å². The van der Waals surface area contributed by atoms with Gasteiger partial charge in [0.1, 0.15) is 5.82 Å². The summed E-state index contributed by atoms with van der Waals surface area (Å²) in [4.78, 5) is 4.31. The highest BCUT2D eigenvalue weighted by molar-refractivity contribution is 4.91. The van der Waals surface area contributed by atoms with Crippen molar-refractivity contribution < 1.29 is 0 Å². The maximum atomic E-state index is 5.56. The van der Waals surface area contributed by atoms with Gasteiger partial charge in [0.05, 0.1) is 0 Å². The Morgan fingerprint density at radius 2 is 2.12 bits per heavy atom. The third-order valence-corrected chi connectivity index (χ3v) is 2.97. The molecule has 1 heterocycles. The third-order valence-electron chi connectivity index (χ3n) is 2.97. The van der Waals surface area contributed by atoms with Crippen molar-refractivity contribution in [3.05, 3.63) is 18.2 Å². The van der Waals surface area contributed by atoms with Crippen LogP contribution in [0.1, 0.15) is 38.9 Å². The van der Waals surface area contributed by atoms with Gasteiger partial charge >= 0.3 is 0 Å². The van der Waals surface area contributed by atoms with Crippen molar-refractivity contribution in [3.63, 3.8) is 0 Å². The molecule has 1 aromatic rings. The molecule has 0 aliphatic carbocycles. The molecule has 16 heavy (non-hydrogen) atoms. The molecular weight excluding hydrogens is 200 g/mol. The Hall–Kier alpha value is -0.870. The summed E-state index contributed by atoms with van der Waals surface area (Å²) < 4.78 is 2.07. The van der Waals surface area contributed by atoms with E-state index < -0.39 is 0 Å². The normalized spacial score (nSPS) is 13.3. The number of nitrogens with zero attached hydrogens (tertiary/aromatic N) is 2. The zero-order valence-corrected chi connectivity index (χ0v) is 10.6. The highest BCUT2D eigenvalue weighted by Gasteiger charge is 2.09. The fraction of sp³-hybridized carbons (Fsp3) is 0.750. The quantitative estimate of drug-likeness (QED) is 0.546. The topological polar surface area (TPSA) is 55.9 Å². The number of hydrogen-bond donors (Lipinski definition) is 2. The fourth-order valence-corrected chi connectivity index (χ4v) is 1.79. The molecule has 0 saturated heterocycles. The Morgan fingerprint density at radius 1 is 1.38 bits per heavy atom. The van der Waals surface area contributed by atoms with Crippen LogP contribution in [-0.2, 0) is 13.5 Å². The van der Waals surface area contributed by atoms with Gasteiger partial charge in [-0.1, -0.05) is 13.8 Å². The number of nitrogens with one attached hydrogen (secondary N) is 1. The van der Waals surface area contributed by atoms with Crippen LogP contribution in [0, 0.1) is 5.92 Å². The number of aromatic nitrogens is 2. The van der Waals surface area contributed by atoms with Crippen molar-refractivity contribution in [1.29, 1.82) is 0 Å². The highest BCUT2D eigenvalue weighted by atomic mass is 15.2. The molecule has 0 spiro atoms. The van der Waals surface area contributed by atoms with E-state index in [1.807, 2.05) is 19.4 Å². The van der Waals surface area contributed by atoms with Crippen LogP contribution in [0.3, 0.4) is 0 Å². The Bertz CT molecular complexity index is 293. The number of nitrogens with two attached hydrogens (primary N) is 1. The first-order valence-corrected chi connectivity index (χ1v) is 6.05. The molecule has 4 heteroatoms. The number of hydrogen-bond acceptors (Lipinski definition) is 3. The second kappa shape index (κ2) is 6.66. The lowest BCUT2D eigenvalue weighted by molar-refractivity contribution is 0.413. The van der Waals surface area contributed by atoms with Gasteiger partial charge in [0.15, 0.2) is 0 Å². The Kier molecular flexibility index (Phi) is 5.49. The summed E-state index contributed by atoms with van der Waals surface area (Å²) in [6, 6.07) is 0.402. The molecule has 3 N–H and O–H groups in total. The zero-order chi connectivity index (χ0) is 12.0. The molecule has 0 radical (unpaired) electrons. The van der Waals surface area contributed by atoms with E-state index in [-0.39, 0.29) is 0 Å². The third kappa shape index (κ3) is 4.33. The molecule has 0 saturated carbocycles. The summed E-state index contributed by atoms with van der Waals surface area (Å²) >= 11 is 0. The predicted molar refractivity (Wildman–Crippen MR) is 66.7 cm³/mol. The minimum absolute atomic E-state index is 0.402. The molecule has 0 fully saturated rings. The average molecular weight is 224 g/mol. The van der Waals surface area contributed by atoms with Crippen LogP contribution in [0.15, 0.2) is 12.4 Å². The Morgan fingerprint density at radius 3 is 2.62 bits per heavy atom. The Labute approximate surface area is 98.2 Å². The molecule has 4 nitrogen and oxygen atoms in total. The molecule has 92 valence electrons. The smallest absolute Gasteiger partial charge is 0.108 e. The van der Waals surface area contributed by atoms with E-state index in [0.717, 1.165) is 31.0 Å². The lowest BCUT2D eigenvalue weighted by Gasteiger charge is -2.16. The summed E-state index contributed by atoms with van der Waals surface area (Å²) in [7, 11) is 2.03. The number of rotatable bonds is 7. The van der Waals surface area contributed by atoms with Gasteiger partial charge in [-0.2, -0.15) is 0 Å². The monoisotopic (exact) mass is 224 g/mol. The van der Waals surface area contributed by atoms with Crippen LogP contribution in [0.25, 0.3) is 0 Å². The van der Waals surface area contributed by atoms with Crippen molar-refractivity contribution in [2.45, 2.75) is 45.6 Å². The van der Waals surface area contributed by atoms with Crippen molar-refractivity contribution in [2.75, 3.05) is 0 Å². The van der Waals surface area contributed by atoms with E-state index in [4.69, 9.17) is 5.84 Å². The predicted octanol–water partition coefficient (Wildman–Crippen LogP) is 1.62. The number of imidazole rings is 1. The molecule has 1 unspecified atom stereocenters. The Balaban J connectivity index is 2.31. The molecule has 0 aliphatic heterocycles. The first-order chi connectivity index (χ1) is 7.63. The summed E-state index contributed by atoms with van der Waals surface area (Å²) in [5.74, 6) is 7.43. The van der Waals surface area contributed by atoms with E-state index in [2.05, 4.69) is 28.8 Å². The summed E-state index contributed by atoms with van der Waals surface area (Å²) in [5, 5.41) is 0. The first-order valence-electron chi connectivity index (χ1n) is 6.05. The van der Waals surface area contributed by atoms with Gasteiger partial charge in [-0.05, 0) is 25.2 Å². The average Bonchev–Trinajstić information content (AvgIpc) is 2.64. The van der Waals surface area contributed by atoms with Crippen LogP contribution in [-0.4, -0.2) is 15.6 Å². The zero-order valence-electron chi connectivity index (χ0n) is 10.6. The largest absolute Gasteiger partial charge is 0.338 e. The molecular formula is C12H24N4. The van der Waals surface area contributed by atoms with Gasteiger partial charge in [0.25, 0.3) is 0 Å². The molecule has 1 atom stereocenters. The van der Waals surface area contributed by atoms with Crippen LogP contribution < -0.4 is 11.3 Å². The maximum absolute atomic E-state index is 5.56. The van der Waals surface area contributed by atoms with Crippen molar-refractivity contribution >= 4 is 0 Å². The van der Waals surface area contributed by atoms with Gasteiger partial charge in [-0.15, -0.1) is 0 Å². The van der Waals surface area contributed by atoms with Crippen LogP contribution >= 0.6 is 0 Å². The van der Waals surface area contributed by atoms with E-state index in [9.17, 15) is 0 Å². The van der Waals surface area contributed by atoms with E-state index in [1.54, 1.807) is 0 Å². The number of aryl methyl sites for hydroxylation is 2. The van der Waals surface area contributed by atoms with Gasteiger partial charge in [-0.3, -0.25) is 11.3 Å². The van der Waals surface area contributed by atoms with Crippen LogP contribution in [0.2, 0.25) is 0 Å². The molecule has 0 bridgehead atoms. The second-order valence-corrected chi connectivity index (χ2v) is 4.83. The van der Waals surface area contributed by atoms with Gasteiger partial charge in [0.2, 0.25) is 0 Å².